The Labute approximate surface area is 113 Å². The number of benzene rings is 1. The molecule has 5 heteroatoms. The van der Waals surface area contributed by atoms with Gasteiger partial charge in [0.25, 0.3) is 0 Å². The lowest BCUT2D eigenvalue weighted by molar-refractivity contribution is 0.162. The van der Waals surface area contributed by atoms with Crippen molar-refractivity contribution in [2.24, 2.45) is 5.73 Å². The SMILES string of the molecule is COCc1ccc(C(N)c2cccc(Br)c2F)o1. The van der Waals surface area contributed by atoms with Crippen LogP contribution in [0.4, 0.5) is 4.39 Å². The van der Waals surface area contributed by atoms with Gasteiger partial charge in [-0.1, -0.05) is 12.1 Å². The summed E-state index contributed by atoms with van der Waals surface area (Å²) in [6, 6.07) is 7.89. The van der Waals surface area contributed by atoms with Crippen LogP contribution >= 0.6 is 15.9 Å². The molecule has 0 aliphatic carbocycles. The van der Waals surface area contributed by atoms with Crippen LogP contribution in [0.5, 0.6) is 0 Å². The molecular weight excluding hydrogens is 301 g/mol. The smallest absolute Gasteiger partial charge is 0.142 e. The van der Waals surface area contributed by atoms with Crippen molar-refractivity contribution in [3.8, 4) is 0 Å². The van der Waals surface area contributed by atoms with Crippen LogP contribution in [-0.2, 0) is 11.3 Å². The van der Waals surface area contributed by atoms with Crippen molar-refractivity contribution in [2.45, 2.75) is 12.6 Å². The summed E-state index contributed by atoms with van der Waals surface area (Å²) < 4.78 is 24.7. The van der Waals surface area contributed by atoms with Gasteiger partial charge in [-0.25, -0.2) is 4.39 Å². The molecule has 2 aromatic rings. The highest BCUT2D eigenvalue weighted by molar-refractivity contribution is 9.10. The first-order chi connectivity index (χ1) is 8.63. The van der Waals surface area contributed by atoms with Crippen LogP contribution in [0.3, 0.4) is 0 Å². The topological polar surface area (TPSA) is 48.4 Å². The maximum atomic E-state index is 13.9. The first kappa shape index (κ1) is 13.3. The largest absolute Gasteiger partial charge is 0.462 e. The molecule has 3 nitrogen and oxygen atoms in total. The predicted molar refractivity (Wildman–Crippen MR) is 69.6 cm³/mol. The lowest BCUT2D eigenvalue weighted by Gasteiger charge is -2.11. The van der Waals surface area contributed by atoms with Crippen LogP contribution in [0.1, 0.15) is 23.1 Å². The first-order valence-corrected chi connectivity index (χ1v) is 6.20. The van der Waals surface area contributed by atoms with Crippen LogP contribution in [-0.4, -0.2) is 7.11 Å². The van der Waals surface area contributed by atoms with Gasteiger partial charge >= 0.3 is 0 Å². The van der Waals surface area contributed by atoms with Gasteiger partial charge in [-0.05, 0) is 34.1 Å². The minimum atomic E-state index is -0.631. The van der Waals surface area contributed by atoms with Crippen LogP contribution in [0, 0.1) is 5.82 Å². The van der Waals surface area contributed by atoms with Gasteiger partial charge in [-0.3, -0.25) is 0 Å². The van der Waals surface area contributed by atoms with Crippen LogP contribution in [0.2, 0.25) is 0 Å². The Bertz CT molecular complexity index is 542. The first-order valence-electron chi connectivity index (χ1n) is 5.40. The Morgan fingerprint density at radius 1 is 1.39 bits per heavy atom. The number of methoxy groups -OCH3 is 1. The average Bonchev–Trinajstić information content (AvgIpc) is 2.81. The third-order valence-electron chi connectivity index (χ3n) is 2.59. The lowest BCUT2D eigenvalue weighted by Crippen LogP contribution is -2.13. The van der Waals surface area contributed by atoms with Crippen molar-refractivity contribution in [3.63, 3.8) is 0 Å². The molecule has 0 aliphatic heterocycles. The molecule has 1 aromatic carbocycles. The molecule has 0 bridgehead atoms. The fraction of sp³-hybridized carbons (Fsp3) is 0.231. The highest BCUT2D eigenvalue weighted by atomic mass is 79.9. The number of hydrogen-bond donors (Lipinski definition) is 1. The van der Waals surface area contributed by atoms with E-state index in [1.807, 2.05) is 0 Å². The van der Waals surface area contributed by atoms with Gasteiger partial charge in [0, 0.05) is 12.7 Å². The van der Waals surface area contributed by atoms with Crippen molar-refractivity contribution in [3.05, 3.63) is 57.7 Å². The Morgan fingerprint density at radius 2 is 2.17 bits per heavy atom. The van der Waals surface area contributed by atoms with Gasteiger partial charge in [0.1, 0.15) is 23.9 Å². The maximum Gasteiger partial charge on any atom is 0.142 e. The Hall–Kier alpha value is -1.17. The zero-order valence-electron chi connectivity index (χ0n) is 9.82. The minimum absolute atomic E-state index is 0.366. The highest BCUT2D eigenvalue weighted by Crippen LogP contribution is 2.27. The zero-order chi connectivity index (χ0) is 13.1. The summed E-state index contributed by atoms with van der Waals surface area (Å²) in [5.41, 5.74) is 6.39. The van der Waals surface area contributed by atoms with E-state index in [-0.39, 0.29) is 5.82 Å². The summed E-state index contributed by atoms with van der Waals surface area (Å²) in [4.78, 5) is 0. The maximum absolute atomic E-state index is 13.9. The number of halogens is 2. The third kappa shape index (κ3) is 2.63. The van der Waals surface area contributed by atoms with Gasteiger partial charge in [-0.2, -0.15) is 0 Å². The number of ether oxygens (including phenoxy) is 1. The molecule has 18 heavy (non-hydrogen) atoms. The summed E-state index contributed by atoms with van der Waals surface area (Å²) in [6.07, 6.45) is 0. The fourth-order valence-electron chi connectivity index (χ4n) is 1.70. The number of nitrogens with two attached hydrogens (primary N) is 1. The molecule has 1 atom stereocenters. The third-order valence-corrected chi connectivity index (χ3v) is 3.20. The predicted octanol–water partition coefficient (Wildman–Crippen LogP) is 3.38. The van der Waals surface area contributed by atoms with E-state index in [9.17, 15) is 4.39 Å². The minimum Gasteiger partial charge on any atom is -0.462 e. The van der Waals surface area contributed by atoms with E-state index in [0.29, 0.717) is 28.2 Å². The van der Waals surface area contributed by atoms with Crippen molar-refractivity contribution < 1.29 is 13.5 Å². The number of furan rings is 1. The van der Waals surface area contributed by atoms with E-state index in [1.54, 1.807) is 37.4 Å². The molecule has 0 spiro atoms. The highest BCUT2D eigenvalue weighted by Gasteiger charge is 2.18. The Balaban J connectivity index is 2.29. The second-order valence-corrected chi connectivity index (χ2v) is 4.71. The zero-order valence-corrected chi connectivity index (χ0v) is 11.4. The number of hydrogen-bond acceptors (Lipinski definition) is 3. The van der Waals surface area contributed by atoms with E-state index < -0.39 is 6.04 Å². The van der Waals surface area contributed by atoms with Gasteiger partial charge < -0.3 is 14.9 Å². The summed E-state index contributed by atoms with van der Waals surface area (Å²) >= 11 is 3.14. The normalized spacial score (nSPS) is 12.7. The van der Waals surface area contributed by atoms with Gasteiger partial charge in [0.05, 0.1) is 10.5 Å². The second-order valence-electron chi connectivity index (χ2n) is 3.86. The second kappa shape index (κ2) is 5.65. The number of rotatable bonds is 4. The van der Waals surface area contributed by atoms with Crippen LogP contribution in [0.15, 0.2) is 39.2 Å². The van der Waals surface area contributed by atoms with Crippen LogP contribution < -0.4 is 5.73 Å². The van der Waals surface area contributed by atoms with E-state index in [4.69, 9.17) is 14.9 Å². The molecule has 0 amide bonds. The standard InChI is InChI=1S/C13H13BrFNO2/c1-17-7-8-5-6-11(18-8)13(16)9-3-2-4-10(14)12(9)15/h2-6,13H,7,16H2,1H3. The molecule has 0 fully saturated rings. The molecule has 1 heterocycles. The molecule has 2 N–H and O–H groups in total. The molecule has 0 aliphatic rings. The van der Waals surface area contributed by atoms with Gasteiger partial charge in [-0.15, -0.1) is 0 Å². The van der Waals surface area contributed by atoms with Crippen molar-refractivity contribution in [2.75, 3.05) is 7.11 Å². The lowest BCUT2D eigenvalue weighted by atomic mass is 10.1. The molecule has 0 radical (unpaired) electrons. The summed E-state index contributed by atoms with van der Waals surface area (Å²) in [7, 11) is 1.58. The molecule has 1 unspecified atom stereocenters. The monoisotopic (exact) mass is 313 g/mol. The van der Waals surface area contributed by atoms with Crippen molar-refractivity contribution in [1.82, 2.24) is 0 Å². The van der Waals surface area contributed by atoms with E-state index >= 15 is 0 Å². The van der Waals surface area contributed by atoms with Crippen molar-refractivity contribution in [1.29, 1.82) is 0 Å². The quantitative estimate of drug-likeness (QED) is 0.941. The van der Waals surface area contributed by atoms with Crippen LogP contribution in [0.25, 0.3) is 0 Å². The van der Waals surface area contributed by atoms with E-state index in [2.05, 4.69) is 15.9 Å². The molecular formula is C13H13BrFNO2. The van der Waals surface area contributed by atoms with E-state index in [0.717, 1.165) is 0 Å². The molecule has 0 saturated carbocycles. The molecule has 1 aromatic heterocycles. The van der Waals surface area contributed by atoms with E-state index in [1.165, 1.54) is 0 Å². The average molecular weight is 314 g/mol. The Morgan fingerprint density at radius 3 is 2.89 bits per heavy atom. The molecule has 96 valence electrons. The molecule has 2 rings (SSSR count). The van der Waals surface area contributed by atoms with Gasteiger partial charge in [0.2, 0.25) is 0 Å². The summed E-state index contributed by atoms with van der Waals surface area (Å²) in [5.74, 6) is 0.812. The summed E-state index contributed by atoms with van der Waals surface area (Å²) in [5, 5.41) is 0. The Kier molecular flexibility index (Phi) is 4.16. The summed E-state index contributed by atoms with van der Waals surface area (Å²) in [6.45, 7) is 0.369. The van der Waals surface area contributed by atoms with Gasteiger partial charge in [0.15, 0.2) is 0 Å². The fourth-order valence-corrected chi connectivity index (χ4v) is 2.08. The molecule has 0 saturated heterocycles. The van der Waals surface area contributed by atoms with Crippen molar-refractivity contribution >= 4 is 15.9 Å².